The van der Waals surface area contributed by atoms with E-state index in [9.17, 15) is 4.79 Å². The Bertz CT molecular complexity index is 667. The first-order valence-electron chi connectivity index (χ1n) is 7.45. The average Bonchev–Trinajstić information content (AvgIpc) is 2.62. The van der Waals surface area contributed by atoms with Gasteiger partial charge >= 0.3 is 0 Å². The van der Waals surface area contributed by atoms with Gasteiger partial charge in [-0.2, -0.15) is 5.10 Å². The van der Waals surface area contributed by atoms with E-state index in [1.165, 1.54) is 6.21 Å². The second kappa shape index (κ2) is 9.15. The molecule has 5 nitrogen and oxygen atoms in total. The van der Waals surface area contributed by atoms with Crippen molar-refractivity contribution < 1.29 is 9.63 Å². The van der Waals surface area contributed by atoms with Crippen molar-refractivity contribution in [1.82, 2.24) is 5.43 Å². The summed E-state index contributed by atoms with van der Waals surface area (Å²) in [4.78, 5) is 17.2. The van der Waals surface area contributed by atoms with E-state index in [4.69, 9.17) is 4.84 Å². The molecule has 2 aromatic rings. The molecule has 0 radical (unpaired) electrons. The number of benzene rings is 2. The summed E-state index contributed by atoms with van der Waals surface area (Å²) in [7, 11) is 0. The molecule has 0 saturated carbocycles. The number of amides is 1. The summed E-state index contributed by atoms with van der Waals surface area (Å²) < 4.78 is 0. The van der Waals surface area contributed by atoms with Crippen molar-refractivity contribution in [2.45, 2.75) is 13.3 Å². The maximum Gasteiger partial charge on any atom is 0.271 e. The van der Waals surface area contributed by atoms with Gasteiger partial charge in [0.05, 0.1) is 6.21 Å². The van der Waals surface area contributed by atoms with Crippen LogP contribution in [-0.4, -0.2) is 24.4 Å². The third-order valence-corrected chi connectivity index (χ3v) is 2.93. The van der Waals surface area contributed by atoms with E-state index in [1.54, 1.807) is 24.3 Å². The van der Waals surface area contributed by atoms with E-state index in [-0.39, 0.29) is 5.91 Å². The zero-order chi connectivity index (χ0) is 16.3. The lowest BCUT2D eigenvalue weighted by Gasteiger charge is -2.03. The molecule has 0 unspecified atom stereocenters. The quantitative estimate of drug-likeness (QED) is 0.485. The Kier molecular flexibility index (Phi) is 6.53. The minimum Gasteiger partial charge on any atom is -0.396 e. The molecule has 0 aliphatic heterocycles. The Balaban J connectivity index is 2.13. The van der Waals surface area contributed by atoms with Gasteiger partial charge in [0, 0.05) is 11.1 Å². The molecule has 0 bridgehead atoms. The lowest BCUT2D eigenvalue weighted by molar-refractivity contribution is 0.0955. The molecular weight excluding hydrogens is 290 g/mol. The maximum atomic E-state index is 12.1. The molecule has 5 heteroatoms. The Morgan fingerprint density at radius 3 is 2.26 bits per heavy atom. The molecule has 1 amide bonds. The molecule has 0 aliphatic carbocycles. The first kappa shape index (κ1) is 16.4. The highest BCUT2D eigenvalue weighted by Crippen LogP contribution is 2.01. The Hall–Kier alpha value is -2.95. The van der Waals surface area contributed by atoms with Crippen molar-refractivity contribution in [3.05, 3.63) is 71.8 Å². The molecule has 0 aromatic heterocycles. The van der Waals surface area contributed by atoms with Crippen molar-refractivity contribution in [1.29, 1.82) is 0 Å². The molecule has 0 aliphatic rings. The van der Waals surface area contributed by atoms with E-state index >= 15 is 0 Å². The molecular formula is C18H19N3O2. The fraction of sp³-hybridized carbons (Fsp3) is 0.167. The number of carbonyl (C=O) groups is 1. The smallest absolute Gasteiger partial charge is 0.271 e. The van der Waals surface area contributed by atoms with Crippen LogP contribution < -0.4 is 5.43 Å². The minimum atomic E-state index is -0.276. The number of hydrazone groups is 1. The number of hydrogen-bond acceptors (Lipinski definition) is 4. The molecule has 118 valence electrons. The fourth-order valence-electron chi connectivity index (χ4n) is 1.77. The topological polar surface area (TPSA) is 63.1 Å². The van der Waals surface area contributed by atoms with E-state index < -0.39 is 0 Å². The Morgan fingerprint density at radius 2 is 1.65 bits per heavy atom. The van der Waals surface area contributed by atoms with E-state index in [1.807, 2.05) is 43.3 Å². The van der Waals surface area contributed by atoms with E-state index in [2.05, 4.69) is 15.7 Å². The van der Waals surface area contributed by atoms with Crippen molar-refractivity contribution in [2.24, 2.45) is 10.3 Å². The normalized spacial score (nSPS) is 11.4. The largest absolute Gasteiger partial charge is 0.396 e. The van der Waals surface area contributed by atoms with Crippen LogP contribution in [0.3, 0.4) is 0 Å². The van der Waals surface area contributed by atoms with Gasteiger partial charge in [0.2, 0.25) is 0 Å². The molecule has 0 fully saturated rings. The summed E-state index contributed by atoms with van der Waals surface area (Å²) in [6, 6.07) is 18.4. The lowest BCUT2D eigenvalue weighted by Crippen LogP contribution is -2.20. The van der Waals surface area contributed by atoms with Crippen molar-refractivity contribution in [2.75, 3.05) is 6.61 Å². The van der Waals surface area contributed by atoms with Crippen LogP contribution in [0.4, 0.5) is 0 Å². The third kappa shape index (κ3) is 5.39. The maximum absolute atomic E-state index is 12.1. The average molecular weight is 309 g/mol. The minimum absolute atomic E-state index is 0.276. The van der Waals surface area contributed by atoms with Crippen molar-refractivity contribution in [3.63, 3.8) is 0 Å². The van der Waals surface area contributed by atoms with Crippen LogP contribution in [0.5, 0.6) is 0 Å². The molecule has 0 atom stereocenters. The molecule has 1 N–H and O–H groups in total. The molecule has 2 aromatic carbocycles. The molecule has 0 saturated heterocycles. The highest BCUT2D eigenvalue weighted by atomic mass is 16.6. The standard InChI is InChI=1S/C18H19N3O2/c1-2-13-23-19-14-17(15-9-5-3-6-10-15)20-21-18(22)16-11-7-4-8-12-16/h3-12,14H,2,13H2,1H3,(H,21,22)/b19-14+,20-17+. The summed E-state index contributed by atoms with van der Waals surface area (Å²) in [6.45, 7) is 2.54. The van der Waals surface area contributed by atoms with Crippen molar-refractivity contribution in [3.8, 4) is 0 Å². The first-order chi connectivity index (χ1) is 11.3. The zero-order valence-electron chi connectivity index (χ0n) is 13.0. The molecule has 0 heterocycles. The van der Waals surface area contributed by atoms with Gasteiger partial charge in [-0.1, -0.05) is 60.6 Å². The van der Waals surface area contributed by atoms with Gasteiger partial charge in [-0.15, -0.1) is 0 Å². The number of rotatable bonds is 7. The zero-order valence-corrected chi connectivity index (χ0v) is 13.0. The van der Waals surface area contributed by atoms with Crippen LogP contribution in [0.25, 0.3) is 0 Å². The number of carbonyl (C=O) groups excluding carboxylic acids is 1. The van der Waals surface area contributed by atoms with E-state index in [0.29, 0.717) is 17.9 Å². The van der Waals surface area contributed by atoms with Crippen LogP contribution in [0.1, 0.15) is 29.3 Å². The highest BCUT2D eigenvalue weighted by molar-refractivity contribution is 6.38. The molecule has 2 rings (SSSR count). The SMILES string of the molecule is CCCO/N=C/C(=N\NC(=O)c1ccccc1)c1ccccc1. The van der Waals surface area contributed by atoms with Crippen LogP contribution in [0.15, 0.2) is 70.9 Å². The number of nitrogens with zero attached hydrogens (tertiary/aromatic N) is 2. The summed E-state index contributed by atoms with van der Waals surface area (Å²) >= 11 is 0. The van der Waals surface area contributed by atoms with Gasteiger partial charge in [0.15, 0.2) is 0 Å². The summed E-state index contributed by atoms with van der Waals surface area (Å²) in [5, 5.41) is 8.04. The number of nitrogens with one attached hydrogen (secondary N) is 1. The predicted molar refractivity (Wildman–Crippen MR) is 91.6 cm³/mol. The molecule has 23 heavy (non-hydrogen) atoms. The lowest BCUT2D eigenvalue weighted by atomic mass is 10.1. The van der Waals surface area contributed by atoms with Crippen LogP contribution in [-0.2, 0) is 4.84 Å². The van der Waals surface area contributed by atoms with Crippen LogP contribution in [0.2, 0.25) is 0 Å². The Morgan fingerprint density at radius 1 is 1.04 bits per heavy atom. The van der Waals surface area contributed by atoms with Gasteiger partial charge in [0.1, 0.15) is 12.3 Å². The monoisotopic (exact) mass is 309 g/mol. The van der Waals surface area contributed by atoms with Crippen LogP contribution >= 0.6 is 0 Å². The van der Waals surface area contributed by atoms with E-state index in [0.717, 1.165) is 12.0 Å². The second-order valence-electron chi connectivity index (χ2n) is 4.74. The number of hydrogen-bond donors (Lipinski definition) is 1. The summed E-state index contributed by atoms with van der Waals surface area (Å²) in [5.74, 6) is -0.276. The third-order valence-electron chi connectivity index (χ3n) is 2.93. The summed E-state index contributed by atoms with van der Waals surface area (Å²) in [5.41, 5.74) is 4.44. The highest BCUT2D eigenvalue weighted by Gasteiger charge is 2.05. The van der Waals surface area contributed by atoms with Gasteiger partial charge in [-0.3, -0.25) is 4.79 Å². The van der Waals surface area contributed by atoms with Crippen molar-refractivity contribution >= 4 is 17.8 Å². The first-order valence-corrected chi connectivity index (χ1v) is 7.45. The van der Waals surface area contributed by atoms with Gasteiger partial charge < -0.3 is 4.84 Å². The fourth-order valence-corrected chi connectivity index (χ4v) is 1.77. The van der Waals surface area contributed by atoms with Gasteiger partial charge in [0.25, 0.3) is 5.91 Å². The van der Waals surface area contributed by atoms with Gasteiger partial charge in [-0.25, -0.2) is 5.43 Å². The summed E-state index contributed by atoms with van der Waals surface area (Å²) in [6.07, 6.45) is 2.37. The Labute approximate surface area is 135 Å². The number of oxime groups is 1. The second-order valence-corrected chi connectivity index (χ2v) is 4.74. The predicted octanol–water partition coefficient (Wildman–Crippen LogP) is 3.23. The van der Waals surface area contributed by atoms with Crippen LogP contribution in [0, 0.1) is 0 Å². The molecule has 0 spiro atoms. The van der Waals surface area contributed by atoms with Gasteiger partial charge in [-0.05, 0) is 18.6 Å².